The van der Waals surface area contributed by atoms with E-state index < -0.39 is 10.8 Å². The van der Waals surface area contributed by atoms with Gasteiger partial charge in [0.15, 0.2) is 5.13 Å². The molecule has 4 aromatic rings. The number of hydrogen-bond acceptors (Lipinski definition) is 6. The van der Waals surface area contributed by atoms with E-state index in [1.165, 1.54) is 46.6 Å². The molecule has 2 aromatic heterocycles. The van der Waals surface area contributed by atoms with Crippen LogP contribution in [0, 0.1) is 17.0 Å². The largest absolute Gasteiger partial charge is 0.300 e. The summed E-state index contributed by atoms with van der Waals surface area (Å²) < 4.78 is 1.52. The van der Waals surface area contributed by atoms with Crippen LogP contribution in [0.3, 0.4) is 0 Å². The van der Waals surface area contributed by atoms with Crippen LogP contribution >= 0.6 is 22.9 Å². The van der Waals surface area contributed by atoms with Crippen LogP contribution in [-0.4, -0.2) is 25.4 Å². The summed E-state index contributed by atoms with van der Waals surface area (Å²) in [5, 5.41) is 15.3. The van der Waals surface area contributed by atoms with Gasteiger partial charge in [0, 0.05) is 46.5 Å². The molecule has 2 heterocycles. The van der Waals surface area contributed by atoms with Gasteiger partial charge in [-0.25, -0.2) is 9.97 Å². The van der Waals surface area contributed by atoms with Gasteiger partial charge in [0.1, 0.15) is 5.69 Å². The van der Waals surface area contributed by atoms with Gasteiger partial charge in [-0.1, -0.05) is 23.7 Å². The quantitative estimate of drug-likeness (QED) is 0.325. The third-order valence-electron chi connectivity index (χ3n) is 4.61. The number of carbonyl (C=O) groups excluding carboxylic acids is 1. The van der Waals surface area contributed by atoms with Crippen LogP contribution in [0.2, 0.25) is 5.02 Å². The summed E-state index contributed by atoms with van der Waals surface area (Å²) in [6, 6.07) is 10.2. The minimum absolute atomic E-state index is 0.164. The minimum Gasteiger partial charge on any atom is -0.300 e. The molecule has 0 radical (unpaired) electrons. The van der Waals surface area contributed by atoms with E-state index in [0.29, 0.717) is 22.3 Å². The lowest BCUT2D eigenvalue weighted by atomic mass is 10.1. The van der Waals surface area contributed by atoms with Gasteiger partial charge >= 0.3 is 0 Å². The summed E-state index contributed by atoms with van der Waals surface area (Å²) in [5.74, 6) is -0.473. The van der Waals surface area contributed by atoms with Crippen molar-refractivity contribution in [2.45, 2.75) is 13.3 Å². The predicted octanol–water partition coefficient (Wildman–Crippen LogP) is 5.04. The van der Waals surface area contributed by atoms with Gasteiger partial charge < -0.3 is 4.57 Å². The highest BCUT2D eigenvalue weighted by atomic mass is 35.5. The Morgan fingerprint density at radius 2 is 2.13 bits per heavy atom. The van der Waals surface area contributed by atoms with Crippen LogP contribution in [-0.2, 0) is 6.42 Å². The highest BCUT2D eigenvalue weighted by Crippen LogP contribution is 2.27. The van der Waals surface area contributed by atoms with Crippen molar-refractivity contribution in [3.63, 3.8) is 0 Å². The first kappa shape index (κ1) is 20.7. The molecule has 0 saturated heterocycles. The van der Waals surface area contributed by atoms with Gasteiger partial charge in [-0.2, -0.15) is 0 Å². The van der Waals surface area contributed by atoms with Crippen LogP contribution in [0.15, 0.2) is 61.3 Å². The molecule has 0 spiro atoms. The molecule has 0 aliphatic rings. The molecule has 0 saturated carbocycles. The van der Waals surface area contributed by atoms with Crippen LogP contribution in [0.4, 0.5) is 10.8 Å². The molecular formula is C21H16ClN5O3S. The van der Waals surface area contributed by atoms with Gasteiger partial charge in [0.05, 0.1) is 11.3 Å². The Labute approximate surface area is 186 Å². The van der Waals surface area contributed by atoms with Crippen molar-refractivity contribution in [1.82, 2.24) is 14.5 Å². The molecule has 31 heavy (non-hydrogen) atoms. The van der Waals surface area contributed by atoms with E-state index in [-0.39, 0.29) is 11.3 Å². The van der Waals surface area contributed by atoms with Gasteiger partial charge in [0.25, 0.3) is 11.6 Å². The number of nitro benzene ring substituents is 1. The lowest BCUT2D eigenvalue weighted by Crippen LogP contribution is -2.12. The molecule has 4 rings (SSSR count). The number of amides is 1. The van der Waals surface area contributed by atoms with Crippen molar-refractivity contribution >= 4 is 39.7 Å². The number of aryl methyl sites for hydroxylation is 1. The molecule has 0 bridgehead atoms. The smallest absolute Gasteiger partial charge is 0.294 e. The van der Waals surface area contributed by atoms with Crippen LogP contribution < -0.4 is 5.32 Å². The lowest BCUT2D eigenvalue weighted by Gasteiger charge is -2.06. The van der Waals surface area contributed by atoms with Crippen molar-refractivity contribution in [2.24, 2.45) is 0 Å². The Kier molecular flexibility index (Phi) is 5.79. The van der Waals surface area contributed by atoms with Gasteiger partial charge in [-0.3, -0.25) is 20.2 Å². The molecule has 0 aliphatic carbocycles. The Morgan fingerprint density at radius 1 is 1.29 bits per heavy atom. The summed E-state index contributed by atoms with van der Waals surface area (Å²) in [7, 11) is 0. The maximum Gasteiger partial charge on any atom is 0.294 e. The number of nitrogens with zero attached hydrogens (tertiary/aromatic N) is 4. The number of imidazole rings is 1. The molecule has 0 atom stereocenters. The number of benzene rings is 2. The maximum atomic E-state index is 12.6. The Hall–Kier alpha value is -3.56. The number of nitro groups is 1. The van der Waals surface area contributed by atoms with E-state index in [0.717, 1.165) is 16.0 Å². The zero-order chi connectivity index (χ0) is 22.0. The van der Waals surface area contributed by atoms with Crippen molar-refractivity contribution in [3.8, 4) is 5.69 Å². The third-order valence-corrected chi connectivity index (χ3v) is 5.93. The fourth-order valence-corrected chi connectivity index (χ4v) is 4.04. The van der Waals surface area contributed by atoms with Crippen LogP contribution in [0.1, 0.15) is 26.4 Å². The Morgan fingerprint density at radius 3 is 2.84 bits per heavy atom. The first-order valence-corrected chi connectivity index (χ1v) is 10.4. The van der Waals surface area contributed by atoms with Gasteiger partial charge in [-0.15, -0.1) is 11.3 Å². The highest BCUT2D eigenvalue weighted by molar-refractivity contribution is 7.15. The van der Waals surface area contributed by atoms with Gasteiger partial charge in [0.2, 0.25) is 0 Å². The molecular weight excluding hydrogens is 438 g/mol. The fourth-order valence-electron chi connectivity index (χ4n) is 2.99. The van der Waals surface area contributed by atoms with E-state index in [4.69, 9.17) is 11.6 Å². The van der Waals surface area contributed by atoms with Crippen molar-refractivity contribution in [1.29, 1.82) is 0 Å². The predicted molar refractivity (Wildman–Crippen MR) is 119 cm³/mol. The summed E-state index contributed by atoms with van der Waals surface area (Å²) in [5.41, 5.74) is 2.35. The van der Waals surface area contributed by atoms with Crippen molar-refractivity contribution < 1.29 is 9.72 Å². The first-order valence-electron chi connectivity index (χ1n) is 9.18. The summed E-state index contributed by atoms with van der Waals surface area (Å²) in [4.78, 5) is 32.7. The number of thiazole rings is 1. The second-order valence-electron chi connectivity index (χ2n) is 6.78. The zero-order valence-electron chi connectivity index (χ0n) is 16.3. The second-order valence-corrected chi connectivity index (χ2v) is 8.30. The lowest BCUT2D eigenvalue weighted by molar-refractivity contribution is -0.384. The number of hydrogen-bond donors (Lipinski definition) is 1. The third kappa shape index (κ3) is 4.62. The number of carbonyl (C=O) groups is 1. The van der Waals surface area contributed by atoms with Crippen LogP contribution in [0.5, 0.6) is 0 Å². The number of rotatable bonds is 6. The monoisotopic (exact) mass is 453 g/mol. The highest BCUT2D eigenvalue weighted by Gasteiger charge is 2.19. The summed E-state index contributed by atoms with van der Waals surface area (Å²) in [6.45, 7) is 1.94. The number of aromatic nitrogens is 3. The number of nitrogens with one attached hydrogen (secondary N) is 1. The van der Waals surface area contributed by atoms with E-state index in [1.54, 1.807) is 12.4 Å². The molecule has 0 unspecified atom stereocenters. The molecule has 1 N–H and O–H groups in total. The molecule has 0 aliphatic heterocycles. The fraction of sp³-hybridized carbons (Fsp3) is 0.0952. The molecule has 10 heteroatoms. The molecule has 2 aromatic carbocycles. The summed E-state index contributed by atoms with van der Waals surface area (Å²) >= 11 is 7.52. The van der Waals surface area contributed by atoms with Gasteiger partial charge in [-0.05, 0) is 36.2 Å². The zero-order valence-corrected chi connectivity index (χ0v) is 17.9. The SMILES string of the molecule is Cc1ccc(Cc2cnc(NC(=O)c3ccc(-n4ccnc4)c([N+](=O)[O-])c3)s2)cc1Cl. The Bertz CT molecular complexity index is 1270. The number of halogens is 1. The molecule has 1 amide bonds. The van der Waals surface area contributed by atoms with Crippen LogP contribution in [0.25, 0.3) is 5.69 Å². The number of anilines is 1. The van der Waals surface area contributed by atoms with E-state index in [1.807, 2.05) is 25.1 Å². The van der Waals surface area contributed by atoms with Crippen molar-refractivity contribution in [2.75, 3.05) is 5.32 Å². The average Bonchev–Trinajstić information content (AvgIpc) is 3.42. The van der Waals surface area contributed by atoms with Crippen molar-refractivity contribution in [3.05, 3.63) is 98.0 Å². The van der Waals surface area contributed by atoms with E-state index in [9.17, 15) is 14.9 Å². The first-order chi connectivity index (χ1) is 14.9. The maximum absolute atomic E-state index is 12.6. The normalized spacial score (nSPS) is 10.8. The topological polar surface area (TPSA) is 103 Å². The molecule has 0 fully saturated rings. The molecule has 156 valence electrons. The summed E-state index contributed by atoms with van der Waals surface area (Å²) in [6.07, 6.45) is 6.91. The average molecular weight is 454 g/mol. The molecule has 8 nitrogen and oxygen atoms in total. The standard InChI is InChI=1S/C21H16ClN5O3S/c1-13-2-3-14(9-17(13)22)8-16-11-24-21(31-16)25-20(28)15-4-5-18(19(10-15)27(29)30)26-7-6-23-12-26/h2-7,9-12H,8H2,1H3,(H,24,25,28). The second kappa shape index (κ2) is 8.66. The minimum atomic E-state index is -0.527. The van der Waals surface area contributed by atoms with E-state index >= 15 is 0 Å². The van der Waals surface area contributed by atoms with E-state index in [2.05, 4.69) is 15.3 Å². The Balaban J connectivity index is 1.50.